The molecule has 1 aromatic heterocycles. The Morgan fingerprint density at radius 1 is 1.23 bits per heavy atom. The minimum Gasteiger partial charge on any atom is -0.325 e. The highest BCUT2D eigenvalue weighted by Crippen LogP contribution is 2.29. The molecule has 1 unspecified atom stereocenters. The number of anilines is 1. The van der Waals surface area contributed by atoms with Crippen molar-refractivity contribution in [1.29, 1.82) is 0 Å². The van der Waals surface area contributed by atoms with E-state index in [1.54, 1.807) is 6.92 Å². The van der Waals surface area contributed by atoms with Crippen LogP contribution >= 0.6 is 0 Å². The Labute approximate surface area is 148 Å². The Kier molecular flexibility index (Phi) is 5.26. The smallest absolute Gasteiger partial charge is 0.325 e. The first kappa shape index (κ1) is 18.4. The Bertz CT molecular complexity index is 770. The van der Waals surface area contributed by atoms with Crippen LogP contribution in [-0.4, -0.2) is 26.7 Å². The number of rotatable bonds is 5. The minimum atomic E-state index is -4.39. The van der Waals surface area contributed by atoms with Gasteiger partial charge in [0.25, 0.3) is 0 Å². The van der Waals surface area contributed by atoms with Crippen LogP contribution in [-0.2, 0) is 30.5 Å². The number of carbonyl (C=O) groups is 1. The quantitative estimate of drug-likeness (QED) is 0.852. The molecule has 1 atom stereocenters. The number of benzene rings is 1. The van der Waals surface area contributed by atoms with Crippen molar-refractivity contribution in [2.24, 2.45) is 0 Å². The zero-order chi connectivity index (χ0) is 18.7. The predicted octanol–water partition coefficient (Wildman–Crippen LogP) is 2.75. The van der Waals surface area contributed by atoms with Crippen molar-refractivity contribution in [2.75, 3.05) is 5.32 Å². The van der Waals surface area contributed by atoms with Crippen molar-refractivity contribution in [3.05, 3.63) is 41.5 Å². The summed E-state index contributed by atoms with van der Waals surface area (Å²) in [6, 6.07) is 3.82. The zero-order valence-electron chi connectivity index (χ0n) is 14.3. The van der Waals surface area contributed by atoms with Gasteiger partial charge in [-0.05, 0) is 44.0 Å². The van der Waals surface area contributed by atoms with E-state index >= 15 is 0 Å². The van der Waals surface area contributed by atoms with Gasteiger partial charge in [0, 0.05) is 18.7 Å². The number of hydrogen-bond donors (Lipinski definition) is 2. The molecule has 1 aromatic carbocycles. The molecule has 1 aliphatic heterocycles. The van der Waals surface area contributed by atoms with Crippen molar-refractivity contribution in [2.45, 2.75) is 51.5 Å². The van der Waals surface area contributed by atoms with Crippen molar-refractivity contribution in [1.82, 2.24) is 20.1 Å². The maximum Gasteiger partial charge on any atom is 0.416 e. The summed E-state index contributed by atoms with van der Waals surface area (Å²) < 4.78 is 39.7. The van der Waals surface area contributed by atoms with Gasteiger partial charge >= 0.3 is 6.18 Å². The van der Waals surface area contributed by atoms with Gasteiger partial charge in [-0.1, -0.05) is 0 Å². The molecule has 1 amide bonds. The van der Waals surface area contributed by atoms with Crippen LogP contribution in [0.1, 0.15) is 37.0 Å². The molecule has 0 saturated carbocycles. The summed E-state index contributed by atoms with van der Waals surface area (Å²) in [7, 11) is 0. The highest BCUT2D eigenvalue weighted by molar-refractivity contribution is 5.94. The first-order valence-electron chi connectivity index (χ1n) is 8.47. The van der Waals surface area contributed by atoms with Crippen LogP contribution in [0.25, 0.3) is 0 Å². The van der Waals surface area contributed by atoms with Crippen LogP contribution in [0.3, 0.4) is 0 Å². The highest BCUT2D eigenvalue weighted by atomic mass is 19.4. The van der Waals surface area contributed by atoms with Crippen LogP contribution < -0.4 is 10.6 Å². The number of halogens is 3. The molecule has 2 aromatic rings. The average Bonchev–Trinajstić information content (AvgIpc) is 3.02. The number of nitrogens with one attached hydrogen (secondary N) is 2. The van der Waals surface area contributed by atoms with Gasteiger partial charge in [-0.3, -0.25) is 10.1 Å². The fourth-order valence-corrected chi connectivity index (χ4v) is 2.83. The lowest BCUT2D eigenvalue weighted by molar-refractivity contribution is -0.137. The second-order valence-corrected chi connectivity index (χ2v) is 6.31. The van der Waals surface area contributed by atoms with Crippen LogP contribution in [0.15, 0.2) is 24.3 Å². The molecule has 1 aliphatic rings. The summed E-state index contributed by atoms with van der Waals surface area (Å²) in [5.74, 6) is 1.42. The molecule has 6 nitrogen and oxygen atoms in total. The fraction of sp³-hybridized carbons (Fsp3) is 0.471. The van der Waals surface area contributed by atoms with Crippen molar-refractivity contribution in [3.63, 3.8) is 0 Å². The summed E-state index contributed by atoms with van der Waals surface area (Å²) in [5, 5.41) is 14.0. The van der Waals surface area contributed by atoms with E-state index in [0.29, 0.717) is 12.2 Å². The van der Waals surface area contributed by atoms with Gasteiger partial charge in [-0.2, -0.15) is 13.2 Å². The van der Waals surface area contributed by atoms with Gasteiger partial charge in [0.15, 0.2) is 0 Å². The standard InChI is InChI=1S/C17H20F3N5O/c1-11(21-10-15-24-23-14-4-2-3-9-25(14)15)16(26)22-13-7-5-12(6-8-13)17(18,19)20/h5-8,11,21H,2-4,9-10H2,1H3,(H,22,26). The summed E-state index contributed by atoms with van der Waals surface area (Å²) in [5.41, 5.74) is -0.435. The topological polar surface area (TPSA) is 71.8 Å². The van der Waals surface area contributed by atoms with Gasteiger partial charge < -0.3 is 9.88 Å². The fourth-order valence-electron chi connectivity index (χ4n) is 2.83. The minimum absolute atomic E-state index is 0.316. The molecule has 3 rings (SSSR count). The summed E-state index contributed by atoms with van der Waals surface area (Å²) in [6.45, 7) is 2.97. The molecule has 2 N–H and O–H groups in total. The van der Waals surface area contributed by atoms with E-state index < -0.39 is 17.8 Å². The van der Waals surface area contributed by atoms with E-state index in [9.17, 15) is 18.0 Å². The molecule has 140 valence electrons. The lowest BCUT2D eigenvalue weighted by Crippen LogP contribution is -2.38. The summed E-state index contributed by atoms with van der Waals surface area (Å²) in [4.78, 5) is 12.2. The first-order valence-corrected chi connectivity index (χ1v) is 8.47. The Morgan fingerprint density at radius 3 is 2.65 bits per heavy atom. The van der Waals surface area contributed by atoms with Gasteiger partial charge in [-0.25, -0.2) is 0 Å². The largest absolute Gasteiger partial charge is 0.416 e. The Hall–Kier alpha value is -2.42. The summed E-state index contributed by atoms with van der Waals surface area (Å²) in [6.07, 6.45) is -1.29. The maximum absolute atomic E-state index is 12.6. The van der Waals surface area contributed by atoms with Crippen LogP contribution in [0.2, 0.25) is 0 Å². The van der Waals surface area contributed by atoms with Crippen molar-refractivity contribution in [3.8, 4) is 0 Å². The highest BCUT2D eigenvalue weighted by Gasteiger charge is 2.30. The summed E-state index contributed by atoms with van der Waals surface area (Å²) >= 11 is 0. The molecular formula is C17H20F3N5O. The number of aromatic nitrogens is 3. The third kappa shape index (κ3) is 4.21. The molecule has 0 radical (unpaired) electrons. The SMILES string of the molecule is CC(NCc1nnc2n1CCCC2)C(=O)Nc1ccc(C(F)(F)F)cc1. The average molecular weight is 367 g/mol. The van der Waals surface area contributed by atoms with Gasteiger partial charge in [-0.15, -0.1) is 10.2 Å². The number of carbonyl (C=O) groups excluding carboxylic acids is 1. The monoisotopic (exact) mass is 367 g/mol. The van der Waals surface area contributed by atoms with E-state index in [1.807, 2.05) is 0 Å². The van der Waals surface area contributed by atoms with Gasteiger partial charge in [0.2, 0.25) is 5.91 Å². The molecule has 0 aliphatic carbocycles. The molecule has 0 saturated heterocycles. The Balaban J connectivity index is 1.54. The van der Waals surface area contributed by atoms with Crippen LogP contribution in [0.5, 0.6) is 0 Å². The lowest BCUT2D eigenvalue weighted by atomic mass is 10.1. The van der Waals surface area contributed by atoms with Crippen molar-refractivity contribution < 1.29 is 18.0 Å². The maximum atomic E-state index is 12.6. The number of amides is 1. The van der Waals surface area contributed by atoms with E-state index in [4.69, 9.17) is 0 Å². The number of aryl methyl sites for hydroxylation is 1. The molecule has 2 heterocycles. The van der Waals surface area contributed by atoms with E-state index in [1.165, 1.54) is 12.1 Å². The Morgan fingerprint density at radius 2 is 1.96 bits per heavy atom. The van der Waals surface area contributed by atoms with Crippen LogP contribution in [0.4, 0.5) is 18.9 Å². The first-order chi connectivity index (χ1) is 12.3. The van der Waals surface area contributed by atoms with Crippen LogP contribution in [0, 0.1) is 0 Å². The molecule has 0 fully saturated rings. The number of nitrogens with zero attached hydrogens (tertiary/aromatic N) is 3. The lowest BCUT2D eigenvalue weighted by Gasteiger charge is -2.17. The van der Waals surface area contributed by atoms with Gasteiger partial charge in [0.05, 0.1) is 18.2 Å². The van der Waals surface area contributed by atoms with E-state index in [0.717, 1.165) is 49.6 Å². The van der Waals surface area contributed by atoms with E-state index in [-0.39, 0.29) is 5.91 Å². The number of alkyl halides is 3. The normalized spacial score (nSPS) is 15.4. The second kappa shape index (κ2) is 7.45. The molecule has 0 bridgehead atoms. The second-order valence-electron chi connectivity index (χ2n) is 6.31. The zero-order valence-corrected chi connectivity index (χ0v) is 14.3. The van der Waals surface area contributed by atoms with Gasteiger partial charge in [0.1, 0.15) is 11.6 Å². The molecular weight excluding hydrogens is 347 g/mol. The van der Waals surface area contributed by atoms with E-state index in [2.05, 4.69) is 25.4 Å². The molecule has 26 heavy (non-hydrogen) atoms. The third-order valence-electron chi connectivity index (χ3n) is 4.38. The molecule has 0 spiro atoms. The predicted molar refractivity (Wildman–Crippen MR) is 89.3 cm³/mol. The number of hydrogen-bond acceptors (Lipinski definition) is 4. The molecule has 9 heteroatoms. The number of fused-ring (bicyclic) bond motifs is 1. The third-order valence-corrected chi connectivity index (χ3v) is 4.38. The van der Waals surface area contributed by atoms with Crippen molar-refractivity contribution >= 4 is 11.6 Å².